The first-order chi connectivity index (χ1) is 11.8. The normalized spacial score (nSPS) is 12.2. The van der Waals surface area contributed by atoms with E-state index in [1.54, 1.807) is 0 Å². The monoisotopic (exact) mass is 391 g/mol. The Balaban J connectivity index is 2.04. The highest BCUT2D eigenvalue weighted by Crippen LogP contribution is 2.34. The summed E-state index contributed by atoms with van der Waals surface area (Å²) < 4.78 is 3.47. The molecule has 0 saturated heterocycles. The summed E-state index contributed by atoms with van der Waals surface area (Å²) in [5, 5.41) is 2.59. The zero-order chi connectivity index (χ0) is 17.8. The van der Waals surface area contributed by atoms with E-state index in [1.165, 1.54) is 38.6 Å². The maximum atomic E-state index is 3.64. The van der Waals surface area contributed by atoms with Gasteiger partial charge in [-0.3, -0.25) is 0 Å². The zero-order valence-electron chi connectivity index (χ0n) is 15.1. The summed E-state index contributed by atoms with van der Waals surface area (Å²) in [5.41, 5.74) is 6.50. The van der Waals surface area contributed by atoms with Crippen LogP contribution in [0.1, 0.15) is 31.9 Å². The van der Waals surface area contributed by atoms with Crippen LogP contribution in [0.3, 0.4) is 0 Å². The highest BCUT2D eigenvalue weighted by Gasteiger charge is 2.15. The van der Waals surface area contributed by atoms with Gasteiger partial charge in [-0.05, 0) is 53.8 Å². The molecule has 0 N–H and O–H groups in total. The highest BCUT2D eigenvalue weighted by atomic mass is 79.9. The average Bonchev–Trinajstić information content (AvgIpc) is 2.86. The van der Waals surface area contributed by atoms with Crippen LogP contribution in [0.5, 0.6) is 0 Å². The summed E-state index contributed by atoms with van der Waals surface area (Å²) in [5.74, 6) is 0. The average molecular weight is 392 g/mol. The Morgan fingerprint density at radius 1 is 0.760 bits per heavy atom. The molecule has 0 unspecified atom stereocenters. The molecule has 126 valence electrons. The Kier molecular flexibility index (Phi) is 3.77. The van der Waals surface area contributed by atoms with E-state index in [4.69, 9.17) is 0 Å². The second kappa shape index (κ2) is 5.74. The van der Waals surface area contributed by atoms with Gasteiger partial charge in [0.25, 0.3) is 0 Å². The molecular weight excluding hydrogens is 370 g/mol. The molecule has 0 spiro atoms. The molecule has 1 aromatic heterocycles. The first-order valence-electron chi connectivity index (χ1n) is 8.66. The first kappa shape index (κ1) is 16.4. The van der Waals surface area contributed by atoms with Gasteiger partial charge in [0.15, 0.2) is 0 Å². The van der Waals surface area contributed by atoms with Crippen LogP contribution in [0.25, 0.3) is 27.5 Å². The van der Waals surface area contributed by atoms with Crippen LogP contribution in [0.4, 0.5) is 0 Å². The quantitative estimate of drug-likeness (QED) is 0.324. The summed E-state index contributed by atoms with van der Waals surface area (Å²) in [6.07, 6.45) is 0. The van der Waals surface area contributed by atoms with Gasteiger partial charge in [-0.15, -0.1) is 0 Å². The fourth-order valence-corrected chi connectivity index (χ4v) is 3.84. The van der Waals surface area contributed by atoms with Gasteiger partial charge in [-0.2, -0.15) is 0 Å². The number of halogens is 1. The maximum Gasteiger partial charge on any atom is 0.0552 e. The predicted molar refractivity (Wildman–Crippen MR) is 112 cm³/mol. The van der Waals surface area contributed by atoms with Gasteiger partial charge in [0.05, 0.1) is 11.0 Å². The van der Waals surface area contributed by atoms with Crippen LogP contribution in [0.2, 0.25) is 0 Å². The highest BCUT2D eigenvalue weighted by molar-refractivity contribution is 9.10. The van der Waals surface area contributed by atoms with E-state index in [1.807, 2.05) is 0 Å². The Labute approximate surface area is 157 Å². The topological polar surface area (TPSA) is 4.93 Å². The Bertz CT molecular complexity index is 1020. The van der Waals surface area contributed by atoms with E-state index in [9.17, 15) is 0 Å². The fraction of sp³-hybridized carbons (Fsp3) is 0.217. The van der Waals surface area contributed by atoms with Crippen molar-refractivity contribution < 1.29 is 0 Å². The first-order valence-corrected chi connectivity index (χ1v) is 9.45. The van der Waals surface area contributed by atoms with E-state index in [2.05, 4.69) is 109 Å². The van der Waals surface area contributed by atoms with Gasteiger partial charge in [-0.25, -0.2) is 0 Å². The van der Waals surface area contributed by atoms with Gasteiger partial charge in [0, 0.05) is 20.9 Å². The molecule has 3 aromatic carbocycles. The molecule has 0 aliphatic rings. The number of fused-ring (bicyclic) bond motifs is 3. The van der Waals surface area contributed by atoms with Crippen molar-refractivity contribution in [2.45, 2.75) is 33.1 Å². The third-order valence-electron chi connectivity index (χ3n) is 4.88. The van der Waals surface area contributed by atoms with E-state index >= 15 is 0 Å². The molecule has 0 aliphatic heterocycles. The molecule has 0 saturated carbocycles. The molecular formula is C23H22BrN. The second-order valence-corrected chi connectivity index (χ2v) is 8.73. The van der Waals surface area contributed by atoms with Crippen molar-refractivity contribution in [2.24, 2.45) is 0 Å². The van der Waals surface area contributed by atoms with Gasteiger partial charge < -0.3 is 4.57 Å². The number of benzene rings is 3. The van der Waals surface area contributed by atoms with Crippen molar-refractivity contribution in [1.82, 2.24) is 4.57 Å². The third kappa shape index (κ3) is 2.79. The van der Waals surface area contributed by atoms with Crippen molar-refractivity contribution in [2.75, 3.05) is 0 Å². The minimum atomic E-state index is 0.166. The van der Waals surface area contributed by atoms with Gasteiger partial charge in [-0.1, -0.05) is 67.0 Å². The molecule has 1 heterocycles. The van der Waals surface area contributed by atoms with Crippen LogP contribution in [0, 0.1) is 6.92 Å². The van der Waals surface area contributed by atoms with Crippen LogP contribution in [-0.4, -0.2) is 4.57 Å². The molecule has 0 aliphatic carbocycles. The summed E-state index contributed by atoms with van der Waals surface area (Å²) in [7, 11) is 0. The lowest BCUT2D eigenvalue weighted by Gasteiger charge is -2.19. The predicted octanol–water partition coefficient (Wildman–Crippen LogP) is 7.15. The fourth-order valence-electron chi connectivity index (χ4n) is 3.49. The van der Waals surface area contributed by atoms with Crippen molar-refractivity contribution in [3.63, 3.8) is 0 Å². The summed E-state index contributed by atoms with van der Waals surface area (Å²) >= 11 is 3.64. The Morgan fingerprint density at radius 3 is 2.00 bits per heavy atom. The Hall–Kier alpha value is -2.06. The molecule has 0 radical (unpaired) electrons. The second-order valence-electron chi connectivity index (χ2n) is 7.81. The number of hydrogen-bond donors (Lipinski definition) is 0. The summed E-state index contributed by atoms with van der Waals surface area (Å²) in [6.45, 7) is 8.91. The number of aryl methyl sites for hydroxylation is 1. The minimum Gasteiger partial charge on any atom is -0.309 e. The Morgan fingerprint density at radius 2 is 1.36 bits per heavy atom. The van der Waals surface area contributed by atoms with Crippen LogP contribution < -0.4 is 0 Å². The van der Waals surface area contributed by atoms with E-state index < -0.39 is 0 Å². The number of aromatic nitrogens is 1. The lowest BCUT2D eigenvalue weighted by Crippen LogP contribution is -2.10. The zero-order valence-corrected chi connectivity index (χ0v) is 16.7. The maximum absolute atomic E-state index is 3.64. The van der Waals surface area contributed by atoms with Crippen LogP contribution in [0.15, 0.2) is 65.1 Å². The molecule has 4 aromatic rings. The molecule has 0 bridgehead atoms. The summed E-state index contributed by atoms with van der Waals surface area (Å²) in [6, 6.07) is 22.2. The smallest absolute Gasteiger partial charge is 0.0552 e. The van der Waals surface area contributed by atoms with E-state index in [-0.39, 0.29) is 5.41 Å². The van der Waals surface area contributed by atoms with Crippen LogP contribution in [-0.2, 0) is 5.41 Å². The number of hydrogen-bond acceptors (Lipinski definition) is 0. The van der Waals surface area contributed by atoms with E-state index in [0.717, 1.165) is 4.47 Å². The SMILES string of the molecule is Cc1ccc2c3ccc(Br)cc3n(-c3ccc(C(C)(C)C)cc3)c2c1. The van der Waals surface area contributed by atoms with Crippen molar-refractivity contribution in [3.05, 3.63) is 76.3 Å². The summed E-state index contributed by atoms with van der Waals surface area (Å²) in [4.78, 5) is 0. The number of rotatable bonds is 1. The van der Waals surface area contributed by atoms with E-state index in [0.29, 0.717) is 0 Å². The third-order valence-corrected chi connectivity index (χ3v) is 5.37. The van der Waals surface area contributed by atoms with Crippen LogP contribution >= 0.6 is 15.9 Å². The van der Waals surface area contributed by atoms with Gasteiger partial charge in [0.2, 0.25) is 0 Å². The molecule has 2 heteroatoms. The number of nitrogens with zero attached hydrogens (tertiary/aromatic N) is 1. The molecule has 0 atom stereocenters. The van der Waals surface area contributed by atoms with Crippen molar-refractivity contribution in [3.8, 4) is 5.69 Å². The molecule has 1 nitrogen and oxygen atoms in total. The van der Waals surface area contributed by atoms with Gasteiger partial charge in [0.1, 0.15) is 0 Å². The standard InChI is InChI=1S/C23H22BrN/c1-15-5-11-19-20-12-8-17(24)14-22(20)25(21(19)13-15)18-9-6-16(7-10-18)23(2,3)4/h5-14H,1-4H3. The molecule has 0 amide bonds. The van der Waals surface area contributed by atoms with Crippen molar-refractivity contribution >= 4 is 37.7 Å². The molecule has 0 fully saturated rings. The van der Waals surface area contributed by atoms with Gasteiger partial charge >= 0.3 is 0 Å². The largest absolute Gasteiger partial charge is 0.309 e. The lowest BCUT2D eigenvalue weighted by atomic mass is 9.87. The van der Waals surface area contributed by atoms with Crippen molar-refractivity contribution in [1.29, 1.82) is 0 Å². The molecule has 25 heavy (non-hydrogen) atoms. The lowest BCUT2D eigenvalue weighted by molar-refractivity contribution is 0.590. The molecule has 4 rings (SSSR count). The minimum absolute atomic E-state index is 0.166.